The summed E-state index contributed by atoms with van der Waals surface area (Å²) in [7, 11) is -2.09. The van der Waals surface area contributed by atoms with Gasteiger partial charge in [0.25, 0.3) is 0 Å². The van der Waals surface area contributed by atoms with Gasteiger partial charge in [-0.2, -0.15) is 0 Å². The lowest BCUT2D eigenvalue weighted by Gasteiger charge is -2.21. The van der Waals surface area contributed by atoms with Crippen molar-refractivity contribution in [1.82, 2.24) is 19.2 Å². The number of sulfonamides is 1. The molecule has 0 aliphatic rings. The summed E-state index contributed by atoms with van der Waals surface area (Å²) >= 11 is 0. The van der Waals surface area contributed by atoms with E-state index in [-0.39, 0.29) is 29.6 Å². The Bertz CT molecular complexity index is 1250. The summed E-state index contributed by atoms with van der Waals surface area (Å²) in [6, 6.07) is 13.7. The van der Waals surface area contributed by atoms with E-state index < -0.39 is 15.6 Å². The van der Waals surface area contributed by atoms with Crippen molar-refractivity contribution < 1.29 is 13.2 Å². The zero-order chi connectivity index (χ0) is 22.1. The molecule has 0 radical (unpaired) electrons. The molecule has 0 spiro atoms. The Morgan fingerprint density at radius 3 is 2.27 bits per heavy atom. The highest BCUT2D eigenvalue weighted by atomic mass is 32.2. The monoisotopic (exact) mass is 430 g/mol. The van der Waals surface area contributed by atoms with Gasteiger partial charge in [-0.15, -0.1) is 0 Å². The van der Waals surface area contributed by atoms with Gasteiger partial charge in [0, 0.05) is 19.1 Å². The molecule has 1 heterocycles. The fourth-order valence-corrected chi connectivity index (χ4v) is 4.94. The Balaban J connectivity index is 1.79. The van der Waals surface area contributed by atoms with Gasteiger partial charge in [0.2, 0.25) is 15.9 Å². The zero-order valence-electron chi connectivity index (χ0n) is 17.5. The highest BCUT2D eigenvalue weighted by Gasteiger charge is 2.24. The third-order valence-corrected chi connectivity index (χ3v) is 6.39. The molecule has 2 aromatic carbocycles. The second-order valence-corrected chi connectivity index (χ2v) is 9.81. The lowest BCUT2D eigenvalue weighted by Crippen LogP contribution is -2.41. The number of carbonyl (C=O) groups is 1. The number of para-hydroxylation sites is 2. The summed E-state index contributed by atoms with van der Waals surface area (Å²) in [6.45, 7) is 5.15. The molecule has 160 valence electrons. The van der Waals surface area contributed by atoms with Crippen LogP contribution in [0.25, 0.3) is 11.0 Å². The number of amides is 1. The molecule has 8 nitrogen and oxygen atoms in total. The van der Waals surface area contributed by atoms with Gasteiger partial charge in [-0.25, -0.2) is 17.9 Å². The lowest BCUT2D eigenvalue weighted by molar-refractivity contribution is -0.121. The van der Waals surface area contributed by atoms with Crippen LogP contribution in [0.2, 0.25) is 0 Å². The predicted octanol–water partition coefficient (Wildman–Crippen LogP) is 1.73. The molecule has 0 fully saturated rings. The Morgan fingerprint density at radius 1 is 1.00 bits per heavy atom. The Hall–Kier alpha value is -2.91. The quantitative estimate of drug-likeness (QED) is 0.622. The van der Waals surface area contributed by atoms with Crippen LogP contribution in [-0.2, 0) is 35.0 Å². The van der Waals surface area contributed by atoms with Gasteiger partial charge in [-0.1, -0.05) is 30.3 Å². The van der Waals surface area contributed by atoms with Gasteiger partial charge in [-0.05, 0) is 44.5 Å². The van der Waals surface area contributed by atoms with Crippen LogP contribution in [0.3, 0.4) is 0 Å². The topological polar surface area (TPSA) is 102 Å². The molecular formula is C21H26N4O4S. The van der Waals surface area contributed by atoms with Crippen molar-refractivity contribution in [2.24, 2.45) is 7.05 Å². The molecule has 0 unspecified atom stereocenters. The lowest BCUT2D eigenvalue weighted by atomic mass is 10.1. The van der Waals surface area contributed by atoms with Crippen LogP contribution in [0, 0.1) is 0 Å². The fourth-order valence-electron chi connectivity index (χ4n) is 3.28. The second-order valence-electron chi connectivity index (χ2n) is 8.16. The smallest absolute Gasteiger partial charge is 0.329 e. The number of fused-ring (bicyclic) bond motifs is 1. The Morgan fingerprint density at radius 2 is 1.60 bits per heavy atom. The zero-order valence-corrected chi connectivity index (χ0v) is 18.3. The van der Waals surface area contributed by atoms with Gasteiger partial charge in [0.15, 0.2) is 0 Å². The van der Waals surface area contributed by atoms with E-state index in [0.717, 1.165) is 5.52 Å². The minimum atomic E-state index is -3.75. The summed E-state index contributed by atoms with van der Waals surface area (Å²) in [5.41, 5.74) is 0.944. The summed E-state index contributed by atoms with van der Waals surface area (Å²) < 4.78 is 31.0. The van der Waals surface area contributed by atoms with Gasteiger partial charge in [0.1, 0.15) is 6.54 Å². The van der Waals surface area contributed by atoms with E-state index in [1.165, 1.54) is 15.2 Å². The molecular weight excluding hydrogens is 404 g/mol. The van der Waals surface area contributed by atoms with Crippen molar-refractivity contribution in [2.45, 2.75) is 44.3 Å². The molecule has 0 saturated heterocycles. The van der Waals surface area contributed by atoms with Crippen LogP contribution >= 0.6 is 0 Å². The summed E-state index contributed by atoms with van der Waals surface area (Å²) in [5, 5.41) is 2.72. The standard InChI is InChI=1S/C21H26N4O4S/c1-21(2,3)23-30(28,29)18-12-8-5-9-15(18)13-22-19(26)14-25-17-11-7-6-10-16(17)24(4)20(25)27/h5-12,23H,13-14H2,1-4H3,(H,22,26). The van der Waals surface area contributed by atoms with Crippen molar-refractivity contribution in [2.75, 3.05) is 0 Å². The van der Waals surface area contributed by atoms with Gasteiger partial charge in [0.05, 0.1) is 15.9 Å². The van der Waals surface area contributed by atoms with Crippen molar-refractivity contribution in [1.29, 1.82) is 0 Å². The van der Waals surface area contributed by atoms with Crippen LogP contribution in [0.4, 0.5) is 0 Å². The third-order valence-electron chi connectivity index (χ3n) is 4.53. The molecule has 0 saturated carbocycles. The van der Waals surface area contributed by atoms with Crippen molar-refractivity contribution in [3.8, 4) is 0 Å². The maximum atomic E-state index is 12.7. The number of hydrogen-bond acceptors (Lipinski definition) is 4. The number of imidazole rings is 1. The maximum absolute atomic E-state index is 12.7. The first-order chi connectivity index (χ1) is 14.0. The van der Waals surface area contributed by atoms with E-state index in [1.54, 1.807) is 58.2 Å². The average molecular weight is 431 g/mol. The molecule has 1 amide bonds. The molecule has 3 rings (SSSR count). The number of hydrogen-bond donors (Lipinski definition) is 2. The summed E-state index contributed by atoms with van der Waals surface area (Å²) in [4.78, 5) is 25.1. The van der Waals surface area contributed by atoms with Crippen LogP contribution in [0.1, 0.15) is 26.3 Å². The van der Waals surface area contributed by atoms with Gasteiger partial charge < -0.3 is 5.32 Å². The van der Waals surface area contributed by atoms with E-state index in [4.69, 9.17) is 0 Å². The first-order valence-corrected chi connectivity index (χ1v) is 11.0. The SMILES string of the molecule is Cn1c(=O)n(CC(=O)NCc2ccccc2S(=O)(=O)NC(C)(C)C)c2ccccc21. The number of rotatable bonds is 6. The molecule has 30 heavy (non-hydrogen) atoms. The Labute approximate surface area is 175 Å². The van der Waals surface area contributed by atoms with Crippen LogP contribution in [-0.4, -0.2) is 29.0 Å². The minimum Gasteiger partial charge on any atom is -0.350 e. The van der Waals surface area contributed by atoms with E-state index in [2.05, 4.69) is 10.0 Å². The second kappa shape index (κ2) is 8.08. The Kier molecular flexibility index (Phi) is 5.87. The summed E-state index contributed by atoms with van der Waals surface area (Å²) in [6.07, 6.45) is 0. The van der Waals surface area contributed by atoms with E-state index in [1.807, 2.05) is 12.1 Å². The van der Waals surface area contributed by atoms with Gasteiger partial charge in [-0.3, -0.25) is 13.9 Å². The molecule has 0 atom stereocenters. The molecule has 1 aromatic heterocycles. The third kappa shape index (κ3) is 4.63. The predicted molar refractivity (Wildman–Crippen MR) is 116 cm³/mol. The number of aromatic nitrogens is 2. The molecule has 0 aliphatic heterocycles. The van der Waals surface area contributed by atoms with Crippen molar-refractivity contribution in [3.05, 3.63) is 64.6 Å². The molecule has 0 bridgehead atoms. The molecule has 2 N–H and O–H groups in total. The number of aryl methyl sites for hydroxylation is 1. The number of carbonyl (C=O) groups excluding carboxylic acids is 1. The fraction of sp³-hybridized carbons (Fsp3) is 0.333. The maximum Gasteiger partial charge on any atom is 0.329 e. The first-order valence-electron chi connectivity index (χ1n) is 9.52. The number of benzene rings is 2. The van der Waals surface area contributed by atoms with Crippen LogP contribution in [0.5, 0.6) is 0 Å². The largest absolute Gasteiger partial charge is 0.350 e. The normalized spacial score (nSPS) is 12.3. The summed E-state index contributed by atoms with van der Waals surface area (Å²) in [5.74, 6) is -0.385. The molecule has 3 aromatic rings. The highest BCUT2D eigenvalue weighted by molar-refractivity contribution is 7.89. The average Bonchev–Trinajstić information content (AvgIpc) is 2.90. The van der Waals surface area contributed by atoms with Crippen LogP contribution in [0.15, 0.2) is 58.2 Å². The highest BCUT2D eigenvalue weighted by Crippen LogP contribution is 2.18. The number of nitrogens with zero attached hydrogens (tertiary/aromatic N) is 2. The van der Waals surface area contributed by atoms with Crippen molar-refractivity contribution >= 4 is 27.0 Å². The van der Waals surface area contributed by atoms with E-state index >= 15 is 0 Å². The van der Waals surface area contributed by atoms with Crippen LogP contribution < -0.4 is 15.7 Å². The van der Waals surface area contributed by atoms with Gasteiger partial charge >= 0.3 is 5.69 Å². The molecule has 0 aliphatic carbocycles. The minimum absolute atomic E-state index is 0.0274. The van der Waals surface area contributed by atoms with E-state index in [0.29, 0.717) is 11.1 Å². The van der Waals surface area contributed by atoms with E-state index in [9.17, 15) is 18.0 Å². The molecule has 9 heteroatoms. The van der Waals surface area contributed by atoms with Crippen molar-refractivity contribution in [3.63, 3.8) is 0 Å². The number of nitrogens with one attached hydrogen (secondary N) is 2. The first kappa shape index (κ1) is 21.8.